The molecule has 2 aromatic rings. The molecule has 27 heavy (non-hydrogen) atoms. The van der Waals surface area contributed by atoms with Gasteiger partial charge in [0.05, 0.1) is 0 Å². The second-order valence-corrected chi connectivity index (χ2v) is 6.80. The van der Waals surface area contributed by atoms with E-state index in [0.717, 1.165) is 41.4 Å². The van der Waals surface area contributed by atoms with E-state index in [0.29, 0.717) is 6.07 Å². The number of hydrogen-bond donors (Lipinski definition) is 0. The number of anilines is 1. The highest BCUT2D eigenvalue weighted by Gasteiger charge is 2.31. The minimum absolute atomic E-state index is 0.0369. The average Bonchev–Trinajstić information content (AvgIpc) is 2.62. The van der Waals surface area contributed by atoms with E-state index in [1.165, 1.54) is 0 Å². The maximum Gasteiger partial charge on any atom is 0.231 e. The molecule has 0 saturated heterocycles. The Morgan fingerprint density at radius 3 is 2.30 bits per heavy atom. The summed E-state index contributed by atoms with van der Waals surface area (Å²) in [4.78, 5) is 24.4. The molecule has 1 atom stereocenters. The Balaban J connectivity index is 1.96. The molecular formula is C19H12BrF4NO2. The maximum atomic E-state index is 14.0. The van der Waals surface area contributed by atoms with Gasteiger partial charge in [0.2, 0.25) is 5.91 Å². The fourth-order valence-electron chi connectivity index (χ4n) is 2.76. The summed E-state index contributed by atoms with van der Waals surface area (Å²) in [5.41, 5.74) is -0.572. The second kappa shape index (κ2) is 7.64. The van der Waals surface area contributed by atoms with Gasteiger partial charge in [0.1, 0.15) is 33.8 Å². The average molecular weight is 442 g/mol. The monoisotopic (exact) mass is 441 g/mol. The molecule has 1 amide bonds. The first kappa shape index (κ1) is 19.3. The highest BCUT2D eigenvalue weighted by molar-refractivity contribution is 9.09. The molecule has 0 aromatic heterocycles. The van der Waals surface area contributed by atoms with Crippen molar-refractivity contribution in [1.82, 2.24) is 0 Å². The number of carbonyl (C=O) groups excluding carboxylic acids is 2. The van der Waals surface area contributed by atoms with Crippen LogP contribution in [0.3, 0.4) is 0 Å². The van der Waals surface area contributed by atoms with Gasteiger partial charge < -0.3 is 0 Å². The number of Topliss-reactive ketones (excluding diaryl/α,β-unsaturated/α-hetero) is 1. The first-order chi connectivity index (χ1) is 12.8. The van der Waals surface area contributed by atoms with E-state index in [4.69, 9.17) is 0 Å². The van der Waals surface area contributed by atoms with Crippen molar-refractivity contribution in [3.63, 3.8) is 0 Å². The van der Waals surface area contributed by atoms with Crippen LogP contribution in [0.4, 0.5) is 23.2 Å². The number of nitrogens with zero attached hydrogens (tertiary/aromatic N) is 1. The molecule has 1 aliphatic rings. The third kappa shape index (κ3) is 3.80. The molecule has 3 rings (SSSR count). The van der Waals surface area contributed by atoms with E-state index in [1.807, 2.05) is 0 Å². The lowest BCUT2D eigenvalue weighted by Gasteiger charge is -2.26. The number of benzene rings is 2. The molecule has 8 heteroatoms. The smallest absolute Gasteiger partial charge is 0.231 e. The number of halogens is 5. The van der Waals surface area contributed by atoms with Crippen LogP contribution in [0.5, 0.6) is 0 Å². The van der Waals surface area contributed by atoms with Gasteiger partial charge in [-0.15, -0.1) is 0 Å². The molecule has 0 radical (unpaired) electrons. The van der Waals surface area contributed by atoms with Gasteiger partial charge in [-0.1, -0.05) is 28.1 Å². The molecule has 3 nitrogen and oxygen atoms in total. The molecular weight excluding hydrogens is 430 g/mol. The summed E-state index contributed by atoms with van der Waals surface area (Å²) in [6, 6.07) is 5.94. The van der Waals surface area contributed by atoms with Gasteiger partial charge in [0.15, 0.2) is 5.78 Å². The van der Waals surface area contributed by atoms with Crippen molar-refractivity contribution >= 4 is 33.3 Å². The van der Waals surface area contributed by atoms with E-state index in [1.54, 1.807) is 0 Å². The standard InChI is InChI=1S/C19H12BrF4NO2/c20-17(12-6-5-11(21)8-15(12)24)19(27)10-4-7-16(26)25(9-10)18-13(22)2-1-3-14(18)23/h1-3,5-6,8-9,17H,4,7H2. The van der Waals surface area contributed by atoms with E-state index in [2.05, 4.69) is 15.9 Å². The topological polar surface area (TPSA) is 37.4 Å². The molecule has 0 aliphatic carbocycles. The summed E-state index contributed by atoms with van der Waals surface area (Å²) in [5, 5.41) is 0. The summed E-state index contributed by atoms with van der Waals surface area (Å²) in [5.74, 6) is -4.76. The Labute approximate surface area is 160 Å². The van der Waals surface area contributed by atoms with Crippen LogP contribution in [0.2, 0.25) is 0 Å². The zero-order valence-corrected chi connectivity index (χ0v) is 15.3. The summed E-state index contributed by atoms with van der Waals surface area (Å²) in [7, 11) is 0. The highest BCUT2D eigenvalue weighted by atomic mass is 79.9. The van der Waals surface area contributed by atoms with Crippen LogP contribution in [0.1, 0.15) is 23.2 Å². The Kier molecular flexibility index (Phi) is 5.46. The first-order valence-corrected chi connectivity index (χ1v) is 8.81. The molecule has 0 spiro atoms. The number of alkyl halides is 1. The van der Waals surface area contributed by atoms with E-state index >= 15 is 0 Å². The maximum absolute atomic E-state index is 14.0. The van der Waals surface area contributed by atoms with Gasteiger partial charge in [0.25, 0.3) is 0 Å². The molecule has 1 aliphatic heterocycles. The van der Waals surface area contributed by atoms with Crippen LogP contribution in [-0.4, -0.2) is 11.7 Å². The molecule has 1 heterocycles. The fourth-order valence-corrected chi connectivity index (χ4v) is 3.43. The van der Waals surface area contributed by atoms with Gasteiger partial charge in [-0.05, 0) is 24.6 Å². The summed E-state index contributed by atoms with van der Waals surface area (Å²) in [6.45, 7) is 0. The zero-order chi connectivity index (χ0) is 19.7. The number of para-hydroxylation sites is 1. The van der Waals surface area contributed by atoms with Crippen molar-refractivity contribution in [3.05, 3.63) is 77.0 Å². The quantitative estimate of drug-likeness (QED) is 0.496. The lowest BCUT2D eigenvalue weighted by atomic mass is 9.97. The summed E-state index contributed by atoms with van der Waals surface area (Å²) < 4.78 is 55.0. The predicted molar refractivity (Wildman–Crippen MR) is 94.2 cm³/mol. The van der Waals surface area contributed by atoms with Gasteiger partial charge in [-0.3, -0.25) is 14.5 Å². The number of rotatable bonds is 4. The van der Waals surface area contributed by atoms with Crippen molar-refractivity contribution in [1.29, 1.82) is 0 Å². The number of amides is 1. The Hall–Kier alpha value is -2.48. The molecule has 0 fully saturated rings. The van der Waals surface area contributed by atoms with Crippen LogP contribution in [0.25, 0.3) is 0 Å². The molecule has 140 valence electrons. The van der Waals surface area contributed by atoms with Crippen LogP contribution < -0.4 is 4.90 Å². The van der Waals surface area contributed by atoms with Crippen molar-refractivity contribution in [2.75, 3.05) is 4.90 Å². The van der Waals surface area contributed by atoms with Crippen molar-refractivity contribution < 1.29 is 27.2 Å². The largest absolute Gasteiger partial charge is 0.293 e. The van der Waals surface area contributed by atoms with Crippen LogP contribution in [0.15, 0.2) is 48.2 Å². The van der Waals surface area contributed by atoms with Crippen molar-refractivity contribution in [2.45, 2.75) is 17.7 Å². The highest BCUT2D eigenvalue weighted by Crippen LogP contribution is 2.34. The third-order valence-electron chi connectivity index (χ3n) is 4.12. The number of ketones is 1. The minimum Gasteiger partial charge on any atom is -0.293 e. The summed E-state index contributed by atoms with van der Waals surface area (Å²) >= 11 is 3.08. The van der Waals surface area contributed by atoms with Gasteiger partial charge in [-0.25, -0.2) is 17.6 Å². The van der Waals surface area contributed by atoms with Crippen LogP contribution in [0, 0.1) is 23.3 Å². The number of allylic oxidation sites excluding steroid dienone is 1. The Morgan fingerprint density at radius 1 is 1.00 bits per heavy atom. The van der Waals surface area contributed by atoms with Crippen molar-refractivity contribution in [3.8, 4) is 0 Å². The normalized spacial score (nSPS) is 15.5. The van der Waals surface area contributed by atoms with Crippen LogP contribution >= 0.6 is 15.9 Å². The van der Waals surface area contributed by atoms with E-state index < -0.39 is 45.5 Å². The number of hydrogen-bond acceptors (Lipinski definition) is 2. The molecule has 0 saturated carbocycles. The predicted octanol–water partition coefficient (Wildman–Crippen LogP) is 4.96. The molecule has 2 aromatic carbocycles. The third-order valence-corrected chi connectivity index (χ3v) is 5.03. The SMILES string of the molecule is O=C(C1=CN(c2c(F)cccc2F)C(=O)CC1)C(Br)c1ccc(F)cc1F. The van der Waals surface area contributed by atoms with E-state index in [-0.39, 0.29) is 24.0 Å². The van der Waals surface area contributed by atoms with Crippen LogP contribution in [-0.2, 0) is 9.59 Å². The van der Waals surface area contributed by atoms with Gasteiger partial charge >= 0.3 is 0 Å². The van der Waals surface area contributed by atoms with Gasteiger partial charge in [0, 0.05) is 29.8 Å². The minimum atomic E-state index is -1.13. The zero-order valence-electron chi connectivity index (χ0n) is 13.7. The first-order valence-electron chi connectivity index (χ1n) is 7.89. The lowest BCUT2D eigenvalue weighted by molar-refractivity contribution is -0.118. The number of carbonyl (C=O) groups is 2. The summed E-state index contributed by atoms with van der Waals surface area (Å²) in [6.07, 6.45) is 0.956. The lowest BCUT2D eigenvalue weighted by Crippen LogP contribution is -2.32. The van der Waals surface area contributed by atoms with Gasteiger partial charge in [-0.2, -0.15) is 0 Å². The fraction of sp³-hybridized carbons (Fsp3) is 0.158. The molecule has 0 N–H and O–H groups in total. The second-order valence-electron chi connectivity index (χ2n) is 5.88. The molecule has 1 unspecified atom stereocenters. The molecule has 0 bridgehead atoms. The van der Waals surface area contributed by atoms with E-state index in [9.17, 15) is 27.2 Å². The Morgan fingerprint density at radius 2 is 1.67 bits per heavy atom. The Bertz CT molecular complexity index is 940. The van der Waals surface area contributed by atoms with Crippen molar-refractivity contribution in [2.24, 2.45) is 0 Å².